The lowest BCUT2D eigenvalue weighted by atomic mass is 10.1. The van der Waals surface area contributed by atoms with Gasteiger partial charge in [-0.25, -0.2) is 0 Å². The number of nitrogens with zero attached hydrogens (tertiary/aromatic N) is 1. The molecule has 0 radical (unpaired) electrons. The van der Waals surface area contributed by atoms with Gasteiger partial charge < -0.3 is 14.7 Å². The molecule has 0 unspecified atom stereocenters. The SMILES string of the molecule is CO[C@H](CC(=O)O)C(=O)N1CCCCC1. The van der Waals surface area contributed by atoms with Crippen molar-refractivity contribution in [3.05, 3.63) is 0 Å². The molecule has 0 aromatic heterocycles. The van der Waals surface area contributed by atoms with Crippen molar-refractivity contribution in [2.45, 2.75) is 31.8 Å². The van der Waals surface area contributed by atoms with Gasteiger partial charge in [0.2, 0.25) is 0 Å². The Morgan fingerprint density at radius 1 is 1.33 bits per heavy atom. The molecule has 1 aliphatic rings. The Morgan fingerprint density at radius 2 is 1.93 bits per heavy atom. The highest BCUT2D eigenvalue weighted by atomic mass is 16.5. The molecule has 0 spiro atoms. The van der Waals surface area contributed by atoms with Crippen molar-refractivity contribution in [2.75, 3.05) is 20.2 Å². The maximum absolute atomic E-state index is 11.8. The first kappa shape index (κ1) is 12.0. The summed E-state index contributed by atoms with van der Waals surface area (Å²) in [5.41, 5.74) is 0. The molecule has 15 heavy (non-hydrogen) atoms. The number of likely N-dealkylation sites (tertiary alicyclic amines) is 1. The first-order chi connectivity index (χ1) is 7.15. The number of piperidine rings is 1. The van der Waals surface area contributed by atoms with Crippen molar-refractivity contribution < 1.29 is 19.4 Å². The summed E-state index contributed by atoms with van der Waals surface area (Å²) in [5, 5.41) is 8.61. The van der Waals surface area contributed by atoms with Crippen LogP contribution in [0.3, 0.4) is 0 Å². The average Bonchev–Trinajstić information content (AvgIpc) is 2.26. The van der Waals surface area contributed by atoms with Gasteiger partial charge in [0, 0.05) is 20.2 Å². The standard InChI is InChI=1S/C10H17NO4/c1-15-8(7-9(12)13)10(14)11-5-3-2-4-6-11/h8H,2-7H2,1H3,(H,12,13)/t8-/m1/s1. The minimum absolute atomic E-state index is 0.195. The number of carboxylic acids is 1. The topological polar surface area (TPSA) is 66.8 Å². The van der Waals surface area contributed by atoms with Crippen LogP contribution in [0.15, 0.2) is 0 Å². The van der Waals surface area contributed by atoms with Crippen LogP contribution >= 0.6 is 0 Å². The van der Waals surface area contributed by atoms with Gasteiger partial charge in [0.1, 0.15) is 6.10 Å². The molecule has 1 rings (SSSR count). The highest BCUT2D eigenvalue weighted by molar-refractivity contribution is 5.85. The van der Waals surface area contributed by atoms with Crippen molar-refractivity contribution in [3.8, 4) is 0 Å². The fraction of sp³-hybridized carbons (Fsp3) is 0.800. The van der Waals surface area contributed by atoms with Crippen molar-refractivity contribution >= 4 is 11.9 Å². The monoisotopic (exact) mass is 215 g/mol. The highest BCUT2D eigenvalue weighted by Crippen LogP contribution is 2.12. The third-order valence-corrected chi connectivity index (χ3v) is 2.59. The number of methoxy groups -OCH3 is 1. The first-order valence-corrected chi connectivity index (χ1v) is 5.18. The van der Waals surface area contributed by atoms with Gasteiger partial charge >= 0.3 is 5.97 Å². The number of carbonyl (C=O) groups excluding carboxylic acids is 1. The van der Waals surface area contributed by atoms with E-state index in [1.54, 1.807) is 4.90 Å². The van der Waals surface area contributed by atoms with E-state index < -0.39 is 12.1 Å². The molecule has 5 nitrogen and oxygen atoms in total. The molecule has 1 amide bonds. The third-order valence-electron chi connectivity index (χ3n) is 2.59. The van der Waals surface area contributed by atoms with Crippen LogP contribution in [-0.4, -0.2) is 48.2 Å². The zero-order chi connectivity index (χ0) is 11.3. The Balaban J connectivity index is 2.50. The Hall–Kier alpha value is -1.10. The van der Waals surface area contributed by atoms with E-state index in [4.69, 9.17) is 9.84 Å². The molecule has 0 aliphatic carbocycles. The number of amides is 1. The second-order valence-electron chi connectivity index (χ2n) is 3.71. The van der Waals surface area contributed by atoms with Crippen LogP contribution in [0, 0.1) is 0 Å². The van der Waals surface area contributed by atoms with Gasteiger partial charge in [-0.3, -0.25) is 9.59 Å². The summed E-state index contributed by atoms with van der Waals surface area (Å²) in [6.45, 7) is 1.44. The fourth-order valence-electron chi connectivity index (χ4n) is 1.75. The summed E-state index contributed by atoms with van der Waals surface area (Å²) >= 11 is 0. The summed E-state index contributed by atoms with van der Waals surface area (Å²) in [4.78, 5) is 24.0. The Kier molecular flexibility index (Phi) is 4.55. The predicted molar refractivity (Wildman–Crippen MR) is 53.5 cm³/mol. The van der Waals surface area contributed by atoms with E-state index in [2.05, 4.69) is 0 Å². The molecular formula is C10H17NO4. The molecule has 0 bridgehead atoms. The minimum Gasteiger partial charge on any atom is -0.481 e. The molecule has 1 fully saturated rings. The molecule has 0 saturated carbocycles. The predicted octanol–water partition coefficient (Wildman–Crippen LogP) is 0.489. The normalized spacial score (nSPS) is 18.6. The van der Waals surface area contributed by atoms with E-state index in [0.717, 1.165) is 32.4 Å². The van der Waals surface area contributed by atoms with Gasteiger partial charge in [-0.15, -0.1) is 0 Å². The van der Waals surface area contributed by atoms with E-state index in [1.807, 2.05) is 0 Å². The Bertz CT molecular complexity index is 236. The van der Waals surface area contributed by atoms with Crippen molar-refractivity contribution in [2.24, 2.45) is 0 Å². The molecule has 1 aliphatic heterocycles. The summed E-state index contributed by atoms with van der Waals surface area (Å²) < 4.78 is 4.90. The number of aliphatic carboxylic acids is 1. The third kappa shape index (κ3) is 3.51. The van der Waals surface area contributed by atoms with Crippen LogP contribution in [-0.2, 0) is 14.3 Å². The maximum atomic E-state index is 11.8. The van der Waals surface area contributed by atoms with Crippen LogP contribution < -0.4 is 0 Å². The van der Waals surface area contributed by atoms with E-state index in [1.165, 1.54) is 7.11 Å². The number of hydrogen-bond donors (Lipinski definition) is 1. The summed E-state index contributed by atoms with van der Waals surface area (Å²) in [5.74, 6) is -1.20. The highest BCUT2D eigenvalue weighted by Gasteiger charge is 2.27. The Labute approximate surface area is 89.0 Å². The van der Waals surface area contributed by atoms with Gasteiger partial charge in [-0.2, -0.15) is 0 Å². The number of carboxylic acid groups (broad SMARTS) is 1. The smallest absolute Gasteiger partial charge is 0.306 e. The van der Waals surface area contributed by atoms with Gasteiger partial charge in [0.15, 0.2) is 0 Å². The van der Waals surface area contributed by atoms with Crippen LogP contribution in [0.2, 0.25) is 0 Å². The molecule has 1 heterocycles. The number of rotatable bonds is 4. The number of ether oxygens (including phenoxy) is 1. The zero-order valence-electron chi connectivity index (χ0n) is 8.94. The molecular weight excluding hydrogens is 198 g/mol. The summed E-state index contributed by atoms with van der Waals surface area (Å²) in [6.07, 6.45) is 2.04. The van der Waals surface area contributed by atoms with Crippen LogP contribution in [0.1, 0.15) is 25.7 Å². The number of carbonyl (C=O) groups is 2. The second kappa shape index (κ2) is 5.70. The molecule has 1 atom stereocenters. The lowest BCUT2D eigenvalue weighted by molar-refractivity contribution is -0.151. The van der Waals surface area contributed by atoms with Crippen LogP contribution in [0.4, 0.5) is 0 Å². The molecule has 0 aromatic rings. The van der Waals surface area contributed by atoms with E-state index in [9.17, 15) is 9.59 Å². The van der Waals surface area contributed by atoms with Crippen molar-refractivity contribution in [1.82, 2.24) is 4.90 Å². The van der Waals surface area contributed by atoms with Crippen molar-refractivity contribution in [1.29, 1.82) is 0 Å². The molecule has 1 saturated heterocycles. The quantitative estimate of drug-likeness (QED) is 0.741. The molecule has 5 heteroatoms. The minimum atomic E-state index is -1.01. The van der Waals surface area contributed by atoms with E-state index >= 15 is 0 Å². The van der Waals surface area contributed by atoms with E-state index in [-0.39, 0.29) is 12.3 Å². The van der Waals surface area contributed by atoms with Gasteiger partial charge in [-0.1, -0.05) is 0 Å². The molecule has 1 N–H and O–H groups in total. The van der Waals surface area contributed by atoms with Gasteiger partial charge in [0.05, 0.1) is 6.42 Å². The molecule has 86 valence electrons. The maximum Gasteiger partial charge on any atom is 0.306 e. The fourth-order valence-corrected chi connectivity index (χ4v) is 1.75. The lowest BCUT2D eigenvalue weighted by Crippen LogP contribution is -2.43. The van der Waals surface area contributed by atoms with Crippen LogP contribution in [0.5, 0.6) is 0 Å². The summed E-state index contributed by atoms with van der Waals surface area (Å²) in [6, 6.07) is 0. The van der Waals surface area contributed by atoms with Crippen LogP contribution in [0.25, 0.3) is 0 Å². The average molecular weight is 215 g/mol. The summed E-state index contributed by atoms with van der Waals surface area (Å²) in [7, 11) is 1.37. The molecule has 0 aromatic carbocycles. The Morgan fingerprint density at radius 3 is 2.40 bits per heavy atom. The largest absolute Gasteiger partial charge is 0.481 e. The van der Waals surface area contributed by atoms with Crippen molar-refractivity contribution in [3.63, 3.8) is 0 Å². The first-order valence-electron chi connectivity index (χ1n) is 5.18. The lowest BCUT2D eigenvalue weighted by Gasteiger charge is -2.29. The van der Waals surface area contributed by atoms with E-state index in [0.29, 0.717) is 0 Å². The number of hydrogen-bond acceptors (Lipinski definition) is 3. The zero-order valence-corrected chi connectivity index (χ0v) is 8.94. The van der Waals surface area contributed by atoms with Gasteiger partial charge in [-0.05, 0) is 19.3 Å². The van der Waals surface area contributed by atoms with Gasteiger partial charge in [0.25, 0.3) is 5.91 Å². The second-order valence-corrected chi connectivity index (χ2v) is 3.71.